The lowest BCUT2D eigenvalue weighted by Crippen LogP contribution is -2.32. The topological polar surface area (TPSA) is 40.6 Å². The minimum Gasteiger partial charge on any atom is -0.335 e. The van der Waals surface area contributed by atoms with Crippen LogP contribution >= 0.6 is 0 Å². The highest BCUT2D eigenvalue weighted by molar-refractivity contribution is 5.87. The van der Waals surface area contributed by atoms with Gasteiger partial charge in [-0.2, -0.15) is 0 Å². The molecule has 0 radical (unpaired) electrons. The molecule has 1 saturated carbocycles. The minimum atomic E-state index is -0.128. The predicted octanol–water partition coefficient (Wildman–Crippen LogP) is 2.17. The number of hydrogen-bond donors (Lipinski definition) is 0. The Morgan fingerprint density at radius 1 is 0.905 bits per heavy atom. The van der Waals surface area contributed by atoms with E-state index in [0.717, 1.165) is 6.54 Å². The molecule has 0 aromatic heterocycles. The molecule has 21 heavy (non-hydrogen) atoms. The number of nitrogens with zero attached hydrogens (tertiary/aromatic N) is 2. The van der Waals surface area contributed by atoms with Crippen molar-refractivity contribution in [2.75, 3.05) is 26.2 Å². The molecule has 114 valence electrons. The Balaban J connectivity index is 2.46. The fourth-order valence-electron chi connectivity index (χ4n) is 1.94. The van der Waals surface area contributed by atoms with E-state index in [1.807, 2.05) is 12.2 Å². The van der Waals surface area contributed by atoms with Gasteiger partial charge in [0, 0.05) is 26.2 Å². The summed E-state index contributed by atoms with van der Waals surface area (Å²) in [5, 5.41) is 0. The molecule has 0 heterocycles. The van der Waals surface area contributed by atoms with Crippen molar-refractivity contribution in [1.29, 1.82) is 0 Å². The second kappa shape index (κ2) is 8.95. The second-order valence-electron chi connectivity index (χ2n) is 5.10. The van der Waals surface area contributed by atoms with Gasteiger partial charge in [-0.05, 0) is 30.9 Å². The minimum absolute atomic E-state index is 0.0448. The zero-order chi connectivity index (χ0) is 15.7. The lowest BCUT2D eigenvalue weighted by Gasteiger charge is -2.20. The van der Waals surface area contributed by atoms with Gasteiger partial charge in [0.15, 0.2) is 0 Å². The fraction of sp³-hybridized carbons (Fsp3) is 0.412. The van der Waals surface area contributed by atoms with Crippen LogP contribution in [0.15, 0.2) is 50.1 Å². The Hall–Kier alpha value is -2.10. The Kier molecular flexibility index (Phi) is 7.23. The molecule has 4 nitrogen and oxygen atoms in total. The maximum atomic E-state index is 11.7. The van der Waals surface area contributed by atoms with E-state index in [-0.39, 0.29) is 11.8 Å². The van der Waals surface area contributed by atoms with Crippen molar-refractivity contribution >= 4 is 11.8 Å². The molecule has 4 heteroatoms. The summed E-state index contributed by atoms with van der Waals surface area (Å²) in [6.45, 7) is 12.9. The van der Waals surface area contributed by atoms with Gasteiger partial charge in [-0.1, -0.05) is 31.4 Å². The van der Waals surface area contributed by atoms with Crippen molar-refractivity contribution in [1.82, 2.24) is 9.80 Å². The molecule has 0 N–H and O–H groups in total. The van der Waals surface area contributed by atoms with Crippen LogP contribution in [0.2, 0.25) is 0 Å². The molecule has 0 atom stereocenters. The zero-order valence-electron chi connectivity index (χ0n) is 12.5. The van der Waals surface area contributed by atoms with Crippen LogP contribution in [-0.4, -0.2) is 47.8 Å². The molecule has 1 rings (SSSR count). The molecule has 0 aliphatic heterocycles. The number of amides is 2. The highest BCUT2D eigenvalue weighted by atomic mass is 16.2. The van der Waals surface area contributed by atoms with Gasteiger partial charge in [0.05, 0.1) is 0 Å². The van der Waals surface area contributed by atoms with Crippen LogP contribution in [0.4, 0.5) is 0 Å². The van der Waals surface area contributed by atoms with E-state index in [4.69, 9.17) is 0 Å². The van der Waals surface area contributed by atoms with E-state index in [1.54, 1.807) is 15.9 Å². The molecular formula is C17H24N2O2. The molecule has 0 aromatic rings. The first-order valence-corrected chi connectivity index (χ1v) is 7.21. The third-order valence-electron chi connectivity index (χ3n) is 3.32. The first kappa shape index (κ1) is 17.0. The van der Waals surface area contributed by atoms with Crippen molar-refractivity contribution in [3.05, 3.63) is 50.1 Å². The van der Waals surface area contributed by atoms with Crippen molar-refractivity contribution in [3.8, 4) is 0 Å². The summed E-state index contributed by atoms with van der Waals surface area (Å²) in [7, 11) is 0. The summed E-state index contributed by atoms with van der Waals surface area (Å²) in [4.78, 5) is 26.7. The van der Waals surface area contributed by atoms with E-state index in [0.29, 0.717) is 25.6 Å². The van der Waals surface area contributed by atoms with Crippen molar-refractivity contribution in [2.24, 2.45) is 5.92 Å². The highest BCUT2D eigenvalue weighted by Crippen LogP contribution is 2.29. The monoisotopic (exact) mass is 288 g/mol. The average molecular weight is 288 g/mol. The molecule has 0 unspecified atom stereocenters. The first-order valence-electron chi connectivity index (χ1n) is 7.21. The van der Waals surface area contributed by atoms with Gasteiger partial charge in [-0.15, -0.1) is 6.58 Å². The molecule has 0 aromatic carbocycles. The second-order valence-corrected chi connectivity index (χ2v) is 5.10. The van der Waals surface area contributed by atoms with Gasteiger partial charge >= 0.3 is 0 Å². The van der Waals surface area contributed by atoms with E-state index in [1.165, 1.54) is 25.0 Å². The van der Waals surface area contributed by atoms with E-state index in [9.17, 15) is 9.59 Å². The van der Waals surface area contributed by atoms with Crippen LogP contribution in [0.3, 0.4) is 0 Å². The Bertz CT molecular complexity index is 436. The third kappa shape index (κ3) is 6.25. The van der Waals surface area contributed by atoms with Gasteiger partial charge in [0.1, 0.15) is 0 Å². The molecule has 2 amide bonds. The summed E-state index contributed by atoms with van der Waals surface area (Å²) >= 11 is 0. The zero-order valence-corrected chi connectivity index (χ0v) is 12.5. The SMILES string of the molecule is C=CCN(C/C=C/CN(CC1CC1)C(=O)C=C)C(=O)C=C. The summed E-state index contributed by atoms with van der Waals surface area (Å²) < 4.78 is 0. The molecule has 0 spiro atoms. The molecule has 1 aliphatic rings. The largest absolute Gasteiger partial charge is 0.335 e. The normalized spacial score (nSPS) is 13.7. The van der Waals surface area contributed by atoms with Crippen LogP contribution in [0.25, 0.3) is 0 Å². The molecule has 0 saturated heterocycles. The van der Waals surface area contributed by atoms with Crippen LogP contribution in [0.5, 0.6) is 0 Å². The molecule has 1 aliphatic carbocycles. The van der Waals surface area contributed by atoms with Crippen LogP contribution in [-0.2, 0) is 9.59 Å². The third-order valence-corrected chi connectivity index (χ3v) is 3.32. The Labute approximate surface area is 127 Å². The number of carbonyl (C=O) groups is 2. The standard InChI is InChI=1S/C17H24N2O2/c1-4-11-18(16(20)5-2)12-7-8-13-19(17(21)6-3)14-15-9-10-15/h4-8,15H,1-3,9-14H2/b8-7+. The van der Waals surface area contributed by atoms with Gasteiger partial charge in [0.2, 0.25) is 11.8 Å². The summed E-state index contributed by atoms with van der Waals surface area (Å²) in [6.07, 6.45) is 10.5. The van der Waals surface area contributed by atoms with Gasteiger partial charge in [0.25, 0.3) is 0 Å². The number of hydrogen-bond acceptors (Lipinski definition) is 2. The predicted molar refractivity (Wildman–Crippen MR) is 85.6 cm³/mol. The molecule has 0 bridgehead atoms. The van der Waals surface area contributed by atoms with Crippen molar-refractivity contribution in [3.63, 3.8) is 0 Å². The first-order chi connectivity index (χ1) is 10.1. The van der Waals surface area contributed by atoms with E-state index >= 15 is 0 Å². The highest BCUT2D eigenvalue weighted by Gasteiger charge is 2.25. The van der Waals surface area contributed by atoms with Crippen LogP contribution in [0, 0.1) is 5.92 Å². The maximum absolute atomic E-state index is 11.7. The summed E-state index contributed by atoms with van der Waals surface area (Å²) in [6, 6.07) is 0. The summed E-state index contributed by atoms with van der Waals surface area (Å²) in [5.41, 5.74) is 0. The Morgan fingerprint density at radius 2 is 1.43 bits per heavy atom. The lowest BCUT2D eigenvalue weighted by atomic mass is 10.3. The van der Waals surface area contributed by atoms with E-state index < -0.39 is 0 Å². The molecule has 1 fully saturated rings. The van der Waals surface area contributed by atoms with Gasteiger partial charge in [-0.25, -0.2) is 0 Å². The quantitative estimate of drug-likeness (QED) is 0.456. The smallest absolute Gasteiger partial charge is 0.246 e. The van der Waals surface area contributed by atoms with Crippen molar-refractivity contribution in [2.45, 2.75) is 12.8 Å². The van der Waals surface area contributed by atoms with Crippen LogP contribution in [0.1, 0.15) is 12.8 Å². The number of rotatable bonds is 10. The van der Waals surface area contributed by atoms with Gasteiger partial charge < -0.3 is 9.80 Å². The Morgan fingerprint density at radius 3 is 1.90 bits per heavy atom. The fourth-order valence-corrected chi connectivity index (χ4v) is 1.94. The maximum Gasteiger partial charge on any atom is 0.246 e. The molecular weight excluding hydrogens is 264 g/mol. The van der Waals surface area contributed by atoms with Gasteiger partial charge in [-0.3, -0.25) is 9.59 Å². The van der Waals surface area contributed by atoms with Crippen molar-refractivity contribution < 1.29 is 9.59 Å². The number of carbonyl (C=O) groups excluding carboxylic acids is 2. The summed E-state index contributed by atoms with van der Waals surface area (Å²) in [5.74, 6) is 0.468. The average Bonchev–Trinajstić information content (AvgIpc) is 3.31. The van der Waals surface area contributed by atoms with E-state index in [2.05, 4.69) is 19.7 Å². The van der Waals surface area contributed by atoms with Crippen LogP contribution < -0.4 is 0 Å². The lowest BCUT2D eigenvalue weighted by molar-refractivity contribution is -0.126.